The Morgan fingerprint density at radius 3 is 2.67 bits per heavy atom. The van der Waals surface area contributed by atoms with Crippen LogP contribution < -0.4 is 0 Å². The highest BCUT2D eigenvalue weighted by Crippen LogP contribution is 1.98. The molecule has 0 aromatic carbocycles. The summed E-state index contributed by atoms with van der Waals surface area (Å²) in [5.74, 6) is 0.112. The van der Waals surface area contributed by atoms with E-state index in [4.69, 9.17) is 14.7 Å². The van der Waals surface area contributed by atoms with Gasteiger partial charge in [0, 0.05) is 6.42 Å². The van der Waals surface area contributed by atoms with Gasteiger partial charge < -0.3 is 9.47 Å². The SMILES string of the molecule is CCCCOC(=O)OC(CCC)=NC#N. The first-order valence-electron chi connectivity index (χ1n) is 5.04. The zero-order valence-electron chi connectivity index (χ0n) is 9.15. The van der Waals surface area contributed by atoms with Crippen molar-refractivity contribution in [1.82, 2.24) is 0 Å². The predicted octanol–water partition coefficient (Wildman–Crippen LogP) is 2.62. The minimum absolute atomic E-state index is 0.112. The zero-order chi connectivity index (χ0) is 11.5. The number of ether oxygens (including phenoxy) is 2. The molecule has 15 heavy (non-hydrogen) atoms. The molecule has 5 nitrogen and oxygen atoms in total. The molecule has 0 rings (SSSR count). The molecular formula is C10H16N2O3. The molecule has 0 aromatic heterocycles. The Morgan fingerprint density at radius 1 is 1.40 bits per heavy atom. The number of rotatable bonds is 5. The van der Waals surface area contributed by atoms with Crippen molar-refractivity contribution in [3.63, 3.8) is 0 Å². The van der Waals surface area contributed by atoms with Gasteiger partial charge in [0.15, 0.2) is 0 Å². The van der Waals surface area contributed by atoms with Gasteiger partial charge in [-0.05, 0) is 12.8 Å². The van der Waals surface area contributed by atoms with Crippen LogP contribution in [-0.4, -0.2) is 18.7 Å². The maximum Gasteiger partial charge on any atom is 0.514 e. The average molecular weight is 212 g/mol. The summed E-state index contributed by atoms with van der Waals surface area (Å²) in [5.41, 5.74) is 0. The van der Waals surface area contributed by atoms with Crippen LogP contribution in [0.4, 0.5) is 4.79 Å². The highest BCUT2D eigenvalue weighted by atomic mass is 16.7. The quantitative estimate of drug-likeness (QED) is 0.231. The first-order chi connectivity index (χ1) is 7.24. The Hall–Kier alpha value is -1.57. The lowest BCUT2D eigenvalue weighted by molar-refractivity contribution is 0.0932. The van der Waals surface area contributed by atoms with Crippen LogP contribution in [0.3, 0.4) is 0 Å². The second-order valence-electron chi connectivity index (χ2n) is 2.91. The molecule has 5 heteroatoms. The summed E-state index contributed by atoms with van der Waals surface area (Å²) in [6.45, 7) is 4.23. The number of hydrogen-bond acceptors (Lipinski definition) is 5. The first kappa shape index (κ1) is 13.4. The number of nitrogens with zero attached hydrogens (tertiary/aromatic N) is 2. The Kier molecular flexibility index (Phi) is 8.06. The fraction of sp³-hybridized carbons (Fsp3) is 0.700. The molecule has 0 amide bonds. The van der Waals surface area contributed by atoms with Crippen molar-refractivity contribution in [3.05, 3.63) is 0 Å². The van der Waals surface area contributed by atoms with Crippen LogP contribution in [0.15, 0.2) is 4.99 Å². The number of unbranched alkanes of at least 4 members (excludes halogenated alkanes) is 1. The summed E-state index contributed by atoms with van der Waals surface area (Å²) in [6, 6.07) is 0. The number of carbonyl (C=O) groups excluding carboxylic acids is 1. The van der Waals surface area contributed by atoms with Gasteiger partial charge in [-0.1, -0.05) is 20.3 Å². The van der Waals surface area contributed by atoms with E-state index in [0.29, 0.717) is 13.0 Å². The molecule has 0 radical (unpaired) electrons. The van der Waals surface area contributed by atoms with E-state index < -0.39 is 6.16 Å². The van der Waals surface area contributed by atoms with Crippen LogP contribution in [-0.2, 0) is 9.47 Å². The van der Waals surface area contributed by atoms with Crippen LogP contribution in [0, 0.1) is 11.5 Å². The highest BCUT2D eigenvalue weighted by Gasteiger charge is 2.08. The van der Waals surface area contributed by atoms with E-state index in [-0.39, 0.29) is 5.90 Å². The van der Waals surface area contributed by atoms with Crippen molar-refractivity contribution in [2.24, 2.45) is 4.99 Å². The predicted molar refractivity (Wildman–Crippen MR) is 55.3 cm³/mol. The van der Waals surface area contributed by atoms with Crippen molar-refractivity contribution < 1.29 is 14.3 Å². The van der Waals surface area contributed by atoms with Gasteiger partial charge in [0.05, 0.1) is 6.61 Å². The molecule has 0 unspecified atom stereocenters. The molecule has 0 aliphatic rings. The number of nitriles is 1. The lowest BCUT2D eigenvalue weighted by Crippen LogP contribution is -2.14. The van der Waals surface area contributed by atoms with Gasteiger partial charge in [0.2, 0.25) is 12.1 Å². The first-order valence-corrected chi connectivity index (χ1v) is 5.04. The standard InChI is InChI=1S/C10H16N2O3/c1-3-5-7-14-10(13)15-9(6-4-2)12-8-11/h3-7H2,1-2H3. The molecule has 0 saturated heterocycles. The van der Waals surface area contributed by atoms with Crippen molar-refractivity contribution in [2.45, 2.75) is 39.5 Å². The summed E-state index contributed by atoms with van der Waals surface area (Å²) >= 11 is 0. The van der Waals surface area contributed by atoms with Crippen LogP contribution in [0.5, 0.6) is 0 Å². The van der Waals surface area contributed by atoms with Crippen molar-refractivity contribution in [1.29, 1.82) is 5.26 Å². The molecule has 0 fully saturated rings. The van der Waals surface area contributed by atoms with Crippen LogP contribution in [0.2, 0.25) is 0 Å². The minimum atomic E-state index is -0.786. The second kappa shape index (κ2) is 9.00. The summed E-state index contributed by atoms with van der Waals surface area (Å²) in [4.78, 5) is 14.4. The molecule has 0 heterocycles. The summed E-state index contributed by atoms with van der Waals surface area (Å²) in [7, 11) is 0. The van der Waals surface area contributed by atoms with Gasteiger partial charge in [-0.15, -0.1) is 4.99 Å². The Bertz CT molecular complexity index is 256. The molecule has 0 aromatic rings. The van der Waals surface area contributed by atoms with E-state index in [1.807, 2.05) is 13.8 Å². The van der Waals surface area contributed by atoms with Gasteiger partial charge in [0.1, 0.15) is 0 Å². The minimum Gasteiger partial charge on any atom is -0.434 e. The molecular weight excluding hydrogens is 196 g/mol. The lowest BCUT2D eigenvalue weighted by atomic mass is 10.3. The fourth-order valence-electron chi connectivity index (χ4n) is 0.825. The second-order valence-corrected chi connectivity index (χ2v) is 2.91. The van der Waals surface area contributed by atoms with E-state index >= 15 is 0 Å². The smallest absolute Gasteiger partial charge is 0.434 e. The Morgan fingerprint density at radius 2 is 2.13 bits per heavy atom. The normalized spacial score (nSPS) is 10.6. The van der Waals surface area contributed by atoms with Gasteiger partial charge in [-0.3, -0.25) is 0 Å². The van der Waals surface area contributed by atoms with E-state index in [9.17, 15) is 4.79 Å². The largest absolute Gasteiger partial charge is 0.514 e. The third kappa shape index (κ3) is 7.50. The zero-order valence-corrected chi connectivity index (χ0v) is 9.15. The van der Waals surface area contributed by atoms with Gasteiger partial charge in [-0.2, -0.15) is 5.26 Å². The summed E-state index contributed by atoms with van der Waals surface area (Å²) in [6.07, 6.45) is 3.75. The number of hydrogen-bond donors (Lipinski definition) is 0. The topological polar surface area (TPSA) is 71.7 Å². The van der Waals surface area contributed by atoms with Gasteiger partial charge in [0.25, 0.3) is 0 Å². The maximum atomic E-state index is 11.0. The van der Waals surface area contributed by atoms with E-state index in [0.717, 1.165) is 19.3 Å². The van der Waals surface area contributed by atoms with Gasteiger partial charge >= 0.3 is 6.16 Å². The van der Waals surface area contributed by atoms with E-state index in [1.54, 1.807) is 6.19 Å². The van der Waals surface area contributed by atoms with E-state index in [2.05, 4.69) is 4.99 Å². The molecule has 0 aliphatic heterocycles. The maximum absolute atomic E-state index is 11.0. The molecule has 0 aliphatic carbocycles. The summed E-state index contributed by atoms with van der Waals surface area (Å²) < 4.78 is 9.50. The molecule has 0 spiro atoms. The molecule has 0 N–H and O–H groups in total. The van der Waals surface area contributed by atoms with Crippen molar-refractivity contribution in [2.75, 3.05) is 6.61 Å². The van der Waals surface area contributed by atoms with E-state index in [1.165, 1.54) is 0 Å². The Balaban J connectivity index is 3.91. The van der Waals surface area contributed by atoms with Gasteiger partial charge in [-0.25, -0.2) is 4.79 Å². The van der Waals surface area contributed by atoms with Crippen LogP contribution >= 0.6 is 0 Å². The third-order valence-corrected chi connectivity index (χ3v) is 1.56. The third-order valence-electron chi connectivity index (χ3n) is 1.56. The fourth-order valence-corrected chi connectivity index (χ4v) is 0.825. The number of carbonyl (C=O) groups is 1. The Labute approximate surface area is 89.7 Å². The summed E-state index contributed by atoms with van der Waals surface area (Å²) in [5, 5.41) is 8.32. The number of aliphatic imine (C=N–C) groups is 1. The highest BCUT2D eigenvalue weighted by molar-refractivity contribution is 5.86. The lowest BCUT2D eigenvalue weighted by Gasteiger charge is -2.05. The van der Waals surface area contributed by atoms with Crippen LogP contribution in [0.1, 0.15) is 39.5 Å². The monoisotopic (exact) mass is 212 g/mol. The molecule has 0 bridgehead atoms. The van der Waals surface area contributed by atoms with Crippen LogP contribution in [0.25, 0.3) is 0 Å². The average Bonchev–Trinajstić information content (AvgIpc) is 2.19. The van der Waals surface area contributed by atoms with Crippen molar-refractivity contribution in [3.8, 4) is 6.19 Å². The molecule has 0 saturated carbocycles. The van der Waals surface area contributed by atoms with Crippen molar-refractivity contribution >= 4 is 12.1 Å². The molecule has 84 valence electrons. The molecule has 0 atom stereocenters.